The summed E-state index contributed by atoms with van der Waals surface area (Å²) in [7, 11) is 1.27. The maximum Gasteiger partial charge on any atom is 0.310 e. The lowest BCUT2D eigenvalue weighted by Crippen LogP contribution is -2.07. The molecule has 0 unspecified atom stereocenters. The molecule has 1 rings (SSSR count). The van der Waals surface area contributed by atoms with Crippen molar-refractivity contribution in [1.82, 2.24) is 0 Å². The minimum absolute atomic E-state index is 0.0918. The van der Waals surface area contributed by atoms with Crippen LogP contribution in [0.2, 0.25) is 0 Å². The van der Waals surface area contributed by atoms with Crippen LogP contribution in [-0.4, -0.2) is 13.1 Å². The summed E-state index contributed by atoms with van der Waals surface area (Å²) in [6.45, 7) is 0. The van der Waals surface area contributed by atoms with E-state index in [1.165, 1.54) is 13.2 Å². The van der Waals surface area contributed by atoms with Gasteiger partial charge in [-0.2, -0.15) is 0 Å². The van der Waals surface area contributed by atoms with Gasteiger partial charge in [0.2, 0.25) is 0 Å². The molecular weight excluding hydrogens is 286 g/mol. The Morgan fingerprint density at radius 2 is 2.27 bits per heavy atom. The van der Waals surface area contributed by atoms with Crippen LogP contribution in [0, 0.1) is 5.82 Å². The number of hydrogen-bond donors (Lipinski definition) is 0. The molecule has 0 aliphatic rings. The van der Waals surface area contributed by atoms with Crippen LogP contribution in [-0.2, 0) is 21.8 Å². The molecule has 0 fully saturated rings. The van der Waals surface area contributed by atoms with E-state index in [9.17, 15) is 9.18 Å². The Kier molecular flexibility index (Phi) is 4.54. The number of carbonyl (C=O) groups is 1. The van der Waals surface area contributed by atoms with Crippen LogP contribution in [0.25, 0.3) is 0 Å². The van der Waals surface area contributed by atoms with E-state index >= 15 is 0 Å². The molecule has 1 aromatic carbocycles. The normalized spacial score (nSPS) is 10.1. The average molecular weight is 296 g/mol. The van der Waals surface area contributed by atoms with Crippen LogP contribution in [0.1, 0.15) is 11.1 Å². The second-order valence-electron chi connectivity index (χ2n) is 2.92. The summed E-state index contributed by atoms with van der Waals surface area (Å²) >= 11 is 8.77. The quantitative estimate of drug-likeness (QED) is 0.633. The minimum atomic E-state index is -0.478. The fraction of sp³-hybridized carbons (Fsp3) is 0.300. The van der Waals surface area contributed by atoms with E-state index < -0.39 is 11.8 Å². The van der Waals surface area contributed by atoms with Crippen LogP contribution in [0.3, 0.4) is 0 Å². The Morgan fingerprint density at radius 1 is 1.60 bits per heavy atom. The highest BCUT2D eigenvalue weighted by molar-refractivity contribution is 9.10. The van der Waals surface area contributed by atoms with Crippen molar-refractivity contribution in [2.45, 2.75) is 12.3 Å². The Morgan fingerprint density at radius 3 is 2.73 bits per heavy atom. The molecule has 0 aromatic heterocycles. The number of methoxy groups -OCH3 is 1. The van der Waals surface area contributed by atoms with Crippen molar-refractivity contribution in [3.8, 4) is 0 Å². The van der Waals surface area contributed by atoms with Gasteiger partial charge < -0.3 is 4.74 Å². The molecule has 0 bridgehead atoms. The highest BCUT2D eigenvalue weighted by atomic mass is 79.9. The highest BCUT2D eigenvalue weighted by Crippen LogP contribution is 2.23. The van der Waals surface area contributed by atoms with Crippen molar-refractivity contribution >= 4 is 33.5 Å². The van der Waals surface area contributed by atoms with E-state index in [-0.39, 0.29) is 17.9 Å². The van der Waals surface area contributed by atoms with E-state index in [1.54, 1.807) is 6.07 Å². The molecule has 2 nitrogen and oxygen atoms in total. The zero-order valence-corrected chi connectivity index (χ0v) is 10.4. The Hall–Kier alpha value is -0.610. The third kappa shape index (κ3) is 3.18. The molecule has 0 aliphatic heterocycles. The van der Waals surface area contributed by atoms with E-state index in [0.717, 1.165) is 0 Å². The molecule has 0 saturated carbocycles. The molecule has 0 aliphatic carbocycles. The van der Waals surface area contributed by atoms with Crippen molar-refractivity contribution in [3.63, 3.8) is 0 Å². The number of ether oxygens (including phenoxy) is 1. The van der Waals surface area contributed by atoms with Crippen LogP contribution in [0.15, 0.2) is 16.6 Å². The van der Waals surface area contributed by atoms with Crippen LogP contribution < -0.4 is 0 Å². The second-order valence-corrected chi connectivity index (χ2v) is 4.05. The Balaban J connectivity index is 3.03. The van der Waals surface area contributed by atoms with Gasteiger partial charge in [0.05, 0.1) is 13.5 Å². The number of benzene rings is 1. The highest BCUT2D eigenvalue weighted by Gasteiger charge is 2.13. The van der Waals surface area contributed by atoms with Crippen molar-refractivity contribution < 1.29 is 13.9 Å². The predicted octanol–water partition coefficient (Wildman–Crippen LogP) is 3.04. The van der Waals surface area contributed by atoms with E-state index in [1.807, 2.05) is 0 Å². The van der Waals surface area contributed by atoms with Crippen LogP contribution >= 0.6 is 27.5 Å². The second kappa shape index (κ2) is 5.47. The topological polar surface area (TPSA) is 26.3 Å². The van der Waals surface area contributed by atoms with Gasteiger partial charge >= 0.3 is 5.97 Å². The SMILES string of the molecule is COC(=O)Cc1c(F)cc(CCl)cc1Br. The fourth-order valence-electron chi connectivity index (χ4n) is 1.12. The summed E-state index contributed by atoms with van der Waals surface area (Å²) in [4.78, 5) is 11.0. The summed E-state index contributed by atoms with van der Waals surface area (Å²) in [6, 6.07) is 3.00. The van der Waals surface area contributed by atoms with Gasteiger partial charge in [0.15, 0.2) is 0 Å². The number of carbonyl (C=O) groups excluding carboxylic acids is 1. The number of hydrogen-bond acceptors (Lipinski definition) is 2. The lowest BCUT2D eigenvalue weighted by Gasteiger charge is -2.06. The zero-order chi connectivity index (χ0) is 11.4. The Bertz CT molecular complexity index is 359. The molecule has 5 heteroatoms. The third-order valence-corrected chi connectivity index (χ3v) is 2.92. The monoisotopic (exact) mass is 294 g/mol. The van der Waals surface area contributed by atoms with Gasteiger partial charge in [-0.15, -0.1) is 11.6 Å². The molecule has 0 spiro atoms. The summed E-state index contributed by atoms with van der Waals surface area (Å²) in [5, 5.41) is 0. The molecule has 0 saturated heterocycles. The lowest BCUT2D eigenvalue weighted by molar-refractivity contribution is -0.139. The van der Waals surface area contributed by atoms with Crippen molar-refractivity contribution in [2.24, 2.45) is 0 Å². The van der Waals surface area contributed by atoms with Crippen LogP contribution in [0.4, 0.5) is 4.39 Å². The average Bonchev–Trinajstić information content (AvgIpc) is 2.22. The summed E-state index contributed by atoms with van der Waals surface area (Å²) in [6.07, 6.45) is -0.0918. The third-order valence-electron chi connectivity index (χ3n) is 1.90. The van der Waals surface area contributed by atoms with Gasteiger partial charge in [-0.25, -0.2) is 4.39 Å². The summed E-state index contributed by atoms with van der Waals surface area (Å²) < 4.78 is 18.5. The minimum Gasteiger partial charge on any atom is -0.469 e. The summed E-state index contributed by atoms with van der Waals surface area (Å²) in [5.74, 6) is -0.702. The van der Waals surface area contributed by atoms with Gasteiger partial charge in [0, 0.05) is 15.9 Å². The lowest BCUT2D eigenvalue weighted by atomic mass is 10.1. The van der Waals surface area contributed by atoms with Gasteiger partial charge in [0.1, 0.15) is 5.82 Å². The number of alkyl halides is 1. The zero-order valence-electron chi connectivity index (χ0n) is 8.02. The van der Waals surface area contributed by atoms with E-state index in [0.29, 0.717) is 10.0 Å². The van der Waals surface area contributed by atoms with E-state index in [2.05, 4.69) is 20.7 Å². The number of halogens is 3. The first-order valence-electron chi connectivity index (χ1n) is 4.18. The standard InChI is InChI=1S/C10H9BrClFO2/c1-15-10(14)4-7-8(11)2-6(5-12)3-9(7)13/h2-3H,4-5H2,1H3. The number of esters is 1. The largest absolute Gasteiger partial charge is 0.469 e. The molecule has 0 radical (unpaired) electrons. The molecule has 82 valence electrons. The fourth-order valence-corrected chi connectivity index (χ4v) is 1.90. The van der Waals surface area contributed by atoms with Crippen molar-refractivity contribution in [1.29, 1.82) is 0 Å². The van der Waals surface area contributed by atoms with Gasteiger partial charge in [-0.3, -0.25) is 4.79 Å². The number of rotatable bonds is 3. The van der Waals surface area contributed by atoms with Gasteiger partial charge in [-0.05, 0) is 17.7 Å². The first-order valence-corrected chi connectivity index (χ1v) is 5.50. The van der Waals surface area contributed by atoms with Gasteiger partial charge in [0.25, 0.3) is 0 Å². The molecule has 1 aromatic rings. The summed E-state index contributed by atoms with van der Waals surface area (Å²) in [5.41, 5.74) is 0.949. The van der Waals surface area contributed by atoms with Crippen molar-refractivity contribution in [3.05, 3.63) is 33.5 Å². The van der Waals surface area contributed by atoms with Crippen molar-refractivity contribution in [2.75, 3.05) is 7.11 Å². The maximum atomic E-state index is 13.5. The molecule has 0 heterocycles. The molecule has 0 atom stereocenters. The van der Waals surface area contributed by atoms with E-state index in [4.69, 9.17) is 11.6 Å². The maximum absolute atomic E-state index is 13.5. The van der Waals surface area contributed by atoms with Gasteiger partial charge in [-0.1, -0.05) is 15.9 Å². The predicted molar refractivity (Wildman–Crippen MR) is 59.4 cm³/mol. The first-order chi connectivity index (χ1) is 7.08. The molecule has 15 heavy (non-hydrogen) atoms. The van der Waals surface area contributed by atoms with Crippen LogP contribution in [0.5, 0.6) is 0 Å². The first kappa shape index (κ1) is 12.5. The Labute approximate surface area is 101 Å². The molecular formula is C10H9BrClFO2. The molecule has 0 amide bonds. The molecule has 0 N–H and O–H groups in total. The smallest absolute Gasteiger partial charge is 0.310 e.